The highest BCUT2D eigenvalue weighted by Crippen LogP contribution is 2.35. The molecule has 1 amide bonds. The number of carbonyl (C=O) groups excluding carboxylic acids is 2. The van der Waals surface area contributed by atoms with E-state index >= 15 is 0 Å². The summed E-state index contributed by atoms with van der Waals surface area (Å²) in [5.41, 5.74) is 0.843. The molecule has 2 unspecified atom stereocenters. The molecule has 0 spiro atoms. The molecule has 0 aromatic carbocycles. The first-order valence-corrected chi connectivity index (χ1v) is 6.71. The van der Waals surface area contributed by atoms with Gasteiger partial charge < -0.3 is 9.47 Å². The Morgan fingerprint density at radius 3 is 2.17 bits per heavy atom. The monoisotopic (exact) mass is 361 g/mol. The fourth-order valence-electron chi connectivity index (χ4n) is 1.64. The van der Waals surface area contributed by atoms with Gasteiger partial charge in [0.2, 0.25) is 0 Å². The van der Waals surface area contributed by atoms with Gasteiger partial charge in [0.05, 0.1) is 0 Å². The molecule has 1 aliphatic carbocycles. The van der Waals surface area contributed by atoms with Crippen molar-refractivity contribution in [2.75, 3.05) is 6.61 Å². The van der Waals surface area contributed by atoms with Crippen molar-refractivity contribution in [2.24, 2.45) is 0 Å². The number of halogens is 5. The minimum Gasteiger partial charge on any atom is -0.454 e. The molecule has 1 N–H and O–H groups in total. The normalized spacial score (nSPS) is 27.7. The zero-order chi connectivity index (χ0) is 18.7. The highest BCUT2D eigenvalue weighted by Gasteiger charge is 2.49. The Labute approximate surface area is 133 Å². The zero-order valence-corrected chi connectivity index (χ0v) is 12.9. The van der Waals surface area contributed by atoms with Crippen molar-refractivity contribution < 1.29 is 45.9 Å². The summed E-state index contributed by atoms with van der Waals surface area (Å²) in [7, 11) is 0. The molecule has 138 valence electrons. The molecule has 0 aromatic rings. The van der Waals surface area contributed by atoms with Crippen LogP contribution in [0.25, 0.3) is 0 Å². The summed E-state index contributed by atoms with van der Waals surface area (Å²) in [5, 5.41) is 0. The van der Waals surface area contributed by atoms with E-state index in [0.29, 0.717) is 0 Å². The second kappa shape index (κ2) is 7.77. The predicted molar refractivity (Wildman–Crippen MR) is 69.1 cm³/mol. The standard InChI is InChI=1S/C13H16F5NO5/c1-13(2,3)24-12(21)19-22-4-5(20)23-11-9(17)7(15)6(14)8(16)10(11)18/h7,9-11H,4H2,1-3H3,(H,19,21)/t7-,9?,10+,11?/m0/s1. The number of hydroxylamine groups is 1. The third-order valence-corrected chi connectivity index (χ3v) is 2.61. The molecule has 6 nitrogen and oxygen atoms in total. The van der Waals surface area contributed by atoms with Crippen LogP contribution in [0.4, 0.5) is 26.7 Å². The van der Waals surface area contributed by atoms with Crippen molar-refractivity contribution in [3.05, 3.63) is 11.7 Å². The summed E-state index contributed by atoms with van der Waals surface area (Å²) >= 11 is 0. The smallest absolute Gasteiger partial charge is 0.431 e. The van der Waals surface area contributed by atoms with E-state index < -0.39 is 60.5 Å². The van der Waals surface area contributed by atoms with E-state index in [2.05, 4.69) is 9.57 Å². The summed E-state index contributed by atoms with van der Waals surface area (Å²) in [4.78, 5) is 26.9. The first-order valence-electron chi connectivity index (χ1n) is 6.71. The molecule has 1 rings (SSSR count). The van der Waals surface area contributed by atoms with Crippen molar-refractivity contribution in [1.29, 1.82) is 0 Å². The van der Waals surface area contributed by atoms with Crippen LogP contribution < -0.4 is 5.48 Å². The van der Waals surface area contributed by atoms with Crippen LogP contribution in [-0.4, -0.2) is 48.9 Å². The number of carbonyl (C=O) groups is 2. The topological polar surface area (TPSA) is 73.9 Å². The van der Waals surface area contributed by atoms with Crippen LogP contribution in [0.2, 0.25) is 0 Å². The third-order valence-electron chi connectivity index (χ3n) is 2.61. The highest BCUT2D eigenvalue weighted by molar-refractivity contribution is 5.72. The molecule has 0 saturated heterocycles. The predicted octanol–water partition coefficient (Wildman–Crippen LogP) is 2.53. The fraction of sp³-hybridized carbons (Fsp3) is 0.692. The second-order valence-corrected chi connectivity index (χ2v) is 5.79. The van der Waals surface area contributed by atoms with Crippen LogP contribution in [0.15, 0.2) is 11.7 Å². The minimum absolute atomic E-state index is 0.844. The lowest BCUT2D eigenvalue weighted by Gasteiger charge is -2.29. The number of esters is 1. The van der Waals surface area contributed by atoms with Crippen molar-refractivity contribution >= 4 is 12.1 Å². The van der Waals surface area contributed by atoms with Gasteiger partial charge in [-0.3, -0.25) is 4.84 Å². The maximum Gasteiger partial charge on any atom is 0.431 e. The Bertz CT molecular complexity index is 521. The number of hydrogen-bond acceptors (Lipinski definition) is 5. The van der Waals surface area contributed by atoms with Crippen molar-refractivity contribution in [2.45, 2.75) is 51.0 Å². The molecule has 0 heterocycles. The van der Waals surface area contributed by atoms with Gasteiger partial charge in [0.25, 0.3) is 0 Å². The van der Waals surface area contributed by atoms with Crippen LogP contribution in [0, 0.1) is 0 Å². The van der Waals surface area contributed by atoms with Crippen molar-refractivity contribution in [3.63, 3.8) is 0 Å². The zero-order valence-electron chi connectivity index (χ0n) is 12.9. The first kappa shape index (κ1) is 20.1. The quantitative estimate of drug-likeness (QED) is 0.473. The summed E-state index contributed by atoms with van der Waals surface area (Å²) in [6, 6.07) is 0. The van der Waals surface area contributed by atoms with Crippen LogP contribution >= 0.6 is 0 Å². The van der Waals surface area contributed by atoms with Gasteiger partial charge in [0, 0.05) is 0 Å². The Morgan fingerprint density at radius 1 is 1.08 bits per heavy atom. The van der Waals surface area contributed by atoms with Gasteiger partial charge in [0.1, 0.15) is 5.60 Å². The van der Waals surface area contributed by atoms with Gasteiger partial charge in [0.15, 0.2) is 42.9 Å². The van der Waals surface area contributed by atoms with Crippen molar-refractivity contribution in [1.82, 2.24) is 5.48 Å². The molecule has 0 radical (unpaired) electrons. The van der Waals surface area contributed by atoms with Gasteiger partial charge >= 0.3 is 12.1 Å². The third kappa shape index (κ3) is 5.32. The molecular weight excluding hydrogens is 345 g/mol. The van der Waals surface area contributed by atoms with E-state index in [4.69, 9.17) is 4.74 Å². The minimum atomic E-state index is -3.09. The van der Waals surface area contributed by atoms with Gasteiger partial charge in [-0.25, -0.2) is 31.5 Å². The van der Waals surface area contributed by atoms with Crippen LogP contribution in [0.1, 0.15) is 20.8 Å². The maximum atomic E-state index is 13.4. The molecule has 24 heavy (non-hydrogen) atoms. The number of hydrogen-bond donors (Lipinski definition) is 1. The molecule has 0 bridgehead atoms. The van der Waals surface area contributed by atoms with Crippen LogP contribution in [-0.2, 0) is 19.1 Å². The molecule has 0 fully saturated rings. The number of ether oxygens (including phenoxy) is 2. The number of amides is 1. The average molecular weight is 361 g/mol. The SMILES string of the molecule is CC(C)(C)OC(=O)NOCC(=O)OC1C(F)[C@@H](F)C(F)=C(F)[C@H]1F. The summed E-state index contributed by atoms with van der Waals surface area (Å²) in [5.74, 6) is -5.84. The Balaban J connectivity index is 2.49. The van der Waals surface area contributed by atoms with Crippen LogP contribution in [0.3, 0.4) is 0 Å². The number of alkyl halides is 3. The largest absolute Gasteiger partial charge is 0.454 e. The summed E-state index contributed by atoms with van der Waals surface area (Å²) in [6.45, 7) is 3.64. The summed E-state index contributed by atoms with van der Waals surface area (Å²) < 4.78 is 74.8. The Hall–Kier alpha value is -1.91. The number of nitrogens with one attached hydrogen (secondary N) is 1. The molecule has 0 saturated carbocycles. The van der Waals surface area contributed by atoms with Gasteiger partial charge in [-0.2, -0.15) is 5.48 Å². The number of rotatable bonds is 4. The van der Waals surface area contributed by atoms with E-state index in [0.717, 1.165) is 0 Å². The number of allylic oxidation sites excluding steroid dienone is 1. The molecule has 0 aliphatic heterocycles. The van der Waals surface area contributed by atoms with Crippen LogP contribution in [0.5, 0.6) is 0 Å². The lowest BCUT2D eigenvalue weighted by molar-refractivity contribution is -0.167. The molecule has 1 aliphatic rings. The summed E-state index contributed by atoms with van der Waals surface area (Å²) in [6.07, 6.45) is -12.6. The molecular formula is C13H16F5NO5. The fourth-order valence-corrected chi connectivity index (χ4v) is 1.64. The van der Waals surface area contributed by atoms with E-state index in [9.17, 15) is 31.5 Å². The highest BCUT2D eigenvalue weighted by atomic mass is 19.2. The van der Waals surface area contributed by atoms with Crippen molar-refractivity contribution in [3.8, 4) is 0 Å². The first-order chi connectivity index (χ1) is 10.9. The van der Waals surface area contributed by atoms with Gasteiger partial charge in [-0.15, -0.1) is 0 Å². The van der Waals surface area contributed by atoms with E-state index in [1.807, 2.05) is 0 Å². The van der Waals surface area contributed by atoms with Gasteiger partial charge in [-0.05, 0) is 20.8 Å². The van der Waals surface area contributed by atoms with E-state index in [1.165, 1.54) is 0 Å². The van der Waals surface area contributed by atoms with E-state index in [1.54, 1.807) is 26.3 Å². The average Bonchev–Trinajstić information content (AvgIpc) is 2.45. The van der Waals surface area contributed by atoms with E-state index in [-0.39, 0.29) is 0 Å². The second-order valence-electron chi connectivity index (χ2n) is 5.79. The Morgan fingerprint density at radius 2 is 1.62 bits per heavy atom. The lowest BCUT2D eigenvalue weighted by atomic mass is 9.97. The molecule has 0 aromatic heterocycles. The molecule has 11 heteroatoms. The maximum absolute atomic E-state index is 13.4. The Kier molecular flexibility index (Phi) is 6.52. The molecule has 4 atom stereocenters. The van der Waals surface area contributed by atoms with Gasteiger partial charge in [-0.1, -0.05) is 0 Å². The lowest BCUT2D eigenvalue weighted by Crippen LogP contribution is -2.47.